The van der Waals surface area contributed by atoms with E-state index in [4.69, 9.17) is 0 Å². The Balaban J connectivity index is -0.000000174. The molecule has 0 aliphatic heterocycles. The third kappa shape index (κ3) is 77.4. The van der Waals surface area contributed by atoms with Gasteiger partial charge in [0.05, 0.1) is 0 Å². The van der Waals surface area contributed by atoms with Gasteiger partial charge in [-0.15, -0.1) is 0 Å². The van der Waals surface area contributed by atoms with Crippen molar-refractivity contribution in [3.63, 3.8) is 0 Å². The van der Waals surface area contributed by atoms with E-state index in [1.165, 1.54) is 25.7 Å². The van der Waals surface area contributed by atoms with E-state index in [9.17, 15) is 39.6 Å². The van der Waals surface area contributed by atoms with Gasteiger partial charge in [-0.05, 0) is 98.7 Å². The van der Waals surface area contributed by atoms with Crippen LogP contribution < -0.4 is 20.4 Å². The number of rotatable bonds is 20. The molecule has 0 aromatic heterocycles. The first-order chi connectivity index (χ1) is 21.7. The summed E-state index contributed by atoms with van der Waals surface area (Å²) in [6.07, 6.45) is 17.1. The van der Waals surface area contributed by atoms with E-state index in [2.05, 4.69) is 83.1 Å². The van der Waals surface area contributed by atoms with Crippen molar-refractivity contribution in [2.75, 3.05) is 0 Å². The quantitative estimate of drug-likeness (QED) is 0.0962. The molecule has 0 rings (SSSR count). The zero-order valence-corrected chi connectivity index (χ0v) is 35.5. The maximum absolute atomic E-state index is 10.0. The molecule has 0 spiro atoms. The van der Waals surface area contributed by atoms with Crippen LogP contribution in [0.1, 0.15) is 212 Å². The monoisotopic (exact) mass is 733 g/mol. The van der Waals surface area contributed by atoms with Crippen LogP contribution >= 0.6 is 0 Å². The second-order valence-corrected chi connectivity index (χ2v) is 18.0. The van der Waals surface area contributed by atoms with Gasteiger partial charge in [-0.2, -0.15) is 0 Å². The Morgan fingerprint density at radius 1 is 0.306 bits per heavy atom. The first-order valence-corrected chi connectivity index (χ1v) is 18.5. The van der Waals surface area contributed by atoms with Crippen LogP contribution in [0.15, 0.2) is 0 Å². The fraction of sp³-hybridized carbons (Fsp3) is 0.900. The Morgan fingerprint density at radius 3 is 0.551 bits per heavy atom. The molecule has 0 N–H and O–H groups in total. The molecule has 0 aromatic carbocycles. The average molecular weight is 733 g/mol. The molecule has 288 valence electrons. The Labute approximate surface area is 317 Å². The predicted octanol–water partition coefficient (Wildman–Crippen LogP) is 6.93. The molecule has 9 heteroatoms. The van der Waals surface area contributed by atoms with E-state index >= 15 is 0 Å². The first kappa shape index (κ1) is 57.0. The Morgan fingerprint density at radius 2 is 0.449 bits per heavy atom. The van der Waals surface area contributed by atoms with Gasteiger partial charge < -0.3 is 39.6 Å². The van der Waals surface area contributed by atoms with Crippen LogP contribution in [-0.4, -0.2) is 23.9 Å². The molecule has 0 amide bonds. The molecule has 0 saturated carbocycles. The summed E-state index contributed by atoms with van der Waals surface area (Å²) in [5.41, 5.74) is 1.51. The van der Waals surface area contributed by atoms with Gasteiger partial charge in [0, 0.05) is 23.9 Å². The molecule has 0 aromatic rings. The molecule has 0 unspecified atom stereocenters. The largest absolute Gasteiger partial charge is 4.00 e. The average Bonchev–Trinajstić information content (AvgIpc) is 2.85. The van der Waals surface area contributed by atoms with Crippen molar-refractivity contribution < 1.29 is 61.3 Å². The van der Waals surface area contributed by atoms with Crippen LogP contribution in [0, 0.1) is 21.7 Å². The number of carbonyl (C=O) groups excluding carboxylic acids is 4. The van der Waals surface area contributed by atoms with Crippen molar-refractivity contribution in [3.05, 3.63) is 0 Å². The maximum atomic E-state index is 10.0. The summed E-state index contributed by atoms with van der Waals surface area (Å²) >= 11 is 0. The van der Waals surface area contributed by atoms with Crippen molar-refractivity contribution in [3.8, 4) is 0 Å². The van der Waals surface area contributed by atoms with Crippen LogP contribution in [0.25, 0.3) is 0 Å². The van der Waals surface area contributed by atoms with Crippen LogP contribution in [0.3, 0.4) is 0 Å². The Hall–Kier alpha value is -1.41. The number of carboxylic acids is 4. The molecule has 0 fully saturated rings. The topological polar surface area (TPSA) is 161 Å². The minimum Gasteiger partial charge on any atom is -0.550 e. The normalized spacial score (nSPS) is 11.3. The van der Waals surface area contributed by atoms with Gasteiger partial charge >= 0.3 is 21.7 Å². The summed E-state index contributed by atoms with van der Waals surface area (Å²) in [5.74, 6) is -3.70. The number of carboxylic acid groups (broad SMARTS) is 4. The smallest absolute Gasteiger partial charge is 0.550 e. The van der Waals surface area contributed by atoms with Gasteiger partial charge in [0.1, 0.15) is 0 Å². The van der Waals surface area contributed by atoms with Crippen LogP contribution in [0.4, 0.5) is 0 Å². The molecular weight excluding hydrogens is 656 g/mol. The standard InChI is InChI=1S/4C10H20O2.Ti/c4*1-10(2,3)8-6-4-5-7-9(11)12;/h4*4-8H2,1-3H3,(H,11,12);/q;;;;+4/p-4. The summed E-state index contributed by atoms with van der Waals surface area (Å²) in [6.45, 7) is 26.4. The Kier molecular flexibility index (Phi) is 37.8. The number of aliphatic carboxylic acids is 4. The summed E-state index contributed by atoms with van der Waals surface area (Å²) in [5, 5.41) is 40.2. The summed E-state index contributed by atoms with van der Waals surface area (Å²) in [7, 11) is 0. The predicted molar refractivity (Wildman–Crippen MR) is 190 cm³/mol. The SMILES string of the molecule is CC(C)(C)CCCCCC(=O)[O-].CC(C)(C)CCCCCC(=O)[O-].CC(C)(C)CCCCCC(=O)[O-].CC(C)(C)CCCCCC(=O)[O-].[Ti+4]. The van der Waals surface area contributed by atoms with E-state index < -0.39 is 23.9 Å². The van der Waals surface area contributed by atoms with Crippen molar-refractivity contribution in [2.24, 2.45) is 21.7 Å². The second-order valence-electron chi connectivity index (χ2n) is 18.0. The fourth-order valence-corrected chi connectivity index (χ4v) is 4.41. The maximum Gasteiger partial charge on any atom is 4.00 e. The van der Waals surface area contributed by atoms with Crippen LogP contribution in [0.5, 0.6) is 0 Å². The van der Waals surface area contributed by atoms with Gasteiger partial charge in [-0.25, -0.2) is 0 Å². The number of unbranched alkanes of at least 4 members (excludes halogenated alkanes) is 8. The zero-order chi connectivity index (χ0) is 38.5. The van der Waals surface area contributed by atoms with Gasteiger partial charge in [0.25, 0.3) is 0 Å². The van der Waals surface area contributed by atoms with Gasteiger partial charge in [-0.3, -0.25) is 0 Å². The molecule has 49 heavy (non-hydrogen) atoms. The number of hydrogen-bond acceptors (Lipinski definition) is 8. The van der Waals surface area contributed by atoms with E-state index in [0.29, 0.717) is 21.7 Å². The van der Waals surface area contributed by atoms with Crippen molar-refractivity contribution >= 4 is 23.9 Å². The summed E-state index contributed by atoms with van der Waals surface area (Å²) < 4.78 is 0. The molecular formula is C40H76O8Ti. The van der Waals surface area contributed by atoms with Gasteiger partial charge in [0.15, 0.2) is 0 Å². The fourth-order valence-electron chi connectivity index (χ4n) is 4.41. The molecule has 0 aliphatic carbocycles. The van der Waals surface area contributed by atoms with Crippen LogP contribution in [0.2, 0.25) is 0 Å². The summed E-state index contributed by atoms with van der Waals surface area (Å²) in [6, 6.07) is 0. The van der Waals surface area contributed by atoms with Crippen LogP contribution in [-0.2, 0) is 40.9 Å². The van der Waals surface area contributed by atoms with E-state index in [0.717, 1.165) is 77.0 Å². The molecule has 0 heterocycles. The minimum absolute atomic E-state index is 0. The minimum atomic E-state index is -0.925. The van der Waals surface area contributed by atoms with Crippen molar-refractivity contribution in [1.82, 2.24) is 0 Å². The molecule has 0 radical (unpaired) electrons. The molecule has 0 aliphatic rings. The van der Waals surface area contributed by atoms with Gasteiger partial charge in [0.2, 0.25) is 0 Å². The molecule has 8 nitrogen and oxygen atoms in total. The first-order valence-electron chi connectivity index (χ1n) is 18.5. The third-order valence-electron chi connectivity index (χ3n) is 7.23. The molecule has 0 atom stereocenters. The number of hydrogen-bond donors (Lipinski definition) is 0. The molecule has 0 bridgehead atoms. The Bertz CT molecular complexity index is 676. The molecule has 0 saturated heterocycles. The zero-order valence-electron chi connectivity index (χ0n) is 33.9. The third-order valence-corrected chi connectivity index (χ3v) is 7.23. The van der Waals surface area contributed by atoms with Crippen molar-refractivity contribution in [2.45, 2.75) is 212 Å². The summed E-state index contributed by atoms with van der Waals surface area (Å²) in [4.78, 5) is 40.2. The van der Waals surface area contributed by atoms with E-state index in [1.807, 2.05) is 0 Å². The van der Waals surface area contributed by atoms with Crippen molar-refractivity contribution in [1.29, 1.82) is 0 Å². The van der Waals surface area contributed by atoms with E-state index in [1.54, 1.807) is 0 Å². The van der Waals surface area contributed by atoms with E-state index in [-0.39, 0.29) is 47.4 Å². The number of carbonyl (C=O) groups is 4. The second kappa shape index (κ2) is 32.5. The van der Waals surface area contributed by atoms with Gasteiger partial charge in [-0.1, -0.05) is 134 Å².